The molecule has 9 heteroatoms. The molecule has 0 fully saturated rings. The average Bonchev–Trinajstić information content (AvgIpc) is 2.93. The number of hydrogen-bond acceptors (Lipinski definition) is 5. The molecule has 2 rings (SSSR count). The first kappa shape index (κ1) is 15.7. The Bertz CT molecular complexity index is 717. The van der Waals surface area contributed by atoms with Gasteiger partial charge in [0.1, 0.15) is 0 Å². The fourth-order valence-electron chi connectivity index (χ4n) is 2.09. The van der Waals surface area contributed by atoms with E-state index in [2.05, 4.69) is 15.5 Å². The van der Waals surface area contributed by atoms with Crippen molar-refractivity contribution in [3.05, 3.63) is 33.8 Å². The maximum Gasteiger partial charge on any atom is 0.390 e. The molecule has 1 N–H and O–H groups in total. The van der Waals surface area contributed by atoms with Gasteiger partial charge >= 0.3 is 5.82 Å². The lowest BCUT2D eigenvalue weighted by atomic mass is 10.1. The summed E-state index contributed by atoms with van der Waals surface area (Å²) < 4.78 is 3.09. The van der Waals surface area contributed by atoms with E-state index in [4.69, 9.17) is 0 Å². The lowest BCUT2D eigenvalue weighted by Crippen LogP contribution is -2.25. The summed E-state index contributed by atoms with van der Waals surface area (Å²) in [6, 6.07) is 1.38. The summed E-state index contributed by atoms with van der Waals surface area (Å²) in [4.78, 5) is 22.4. The van der Waals surface area contributed by atoms with Gasteiger partial charge < -0.3 is 15.4 Å². The number of hydrogen-bond donors (Lipinski definition) is 1. The normalized spacial score (nSPS) is 12.2. The van der Waals surface area contributed by atoms with Gasteiger partial charge in [0, 0.05) is 13.2 Å². The summed E-state index contributed by atoms with van der Waals surface area (Å²) in [5.74, 6) is -0.792. The first-order valence-corrected chi connectivity index (χ1v) is 6.78. The van der Waals surface area contributed by atoms with Gasteiger partial charge in [-0.25, -0.2) is 0 Å². The summed E-state index contributed by atoms with van der Waals surface area (Å²) in [5, 5.41) is 21.5. The van der Waals surface area contributed by atoms with Crippen LogP contribution in [0.5, 0.6) is 0 Å². The smallest absolute Gasteiger partial charge is 0.358 e. The highest BCUT2D eigenvalue weighted by molar-refractivity contribution is 5.92. The Hall–Kier alpha value is -2.71. The van der Waals surface area contributed by atoms with Crippen LogP contribution in [0.25, 0.3) is 0 Å². The van der Waals surface area contributed by atoms with Crippen molar-refractivity contribution in [1.82, 2.24) is 19.6 Å². The van der Waals surface area contributed by atoms with Crippen LogP contribution < -0.4 is 5.32 Å². The standard InChI is InChI=1S/C13H18N6O3/c1-8(6-18-9(2)5-12(16-18)19(21)22)13(20)14-11-7-17(4)15-10(11)3/h5,7-8H,6H2,1-4H3,(H,14,20). The van der Waals surface area contributed by atoms with Crippen LogP contribution in [-0.2, 0) is 18.4 Å². The first-order valence-electron chi connectivity index (χ1n) is 6.78. The molecule has 0 aliphatic carbocycles. The van der Waals surface area contributed by atoms with Crippen molar-refractivity contribution < 1.29 is 9.72 Å². The van der Waals surface area contributed by atoms with Crippen LogP contribution in [0.1, 0.15) is 18.3 Å². The van der Waals surface area contributed by atoms with Gasteiger partial charge in [0.05, 0.1) is 40.7 Å². The van der Waals surface area contributed by atoms with Gasteiger partial charge in [-0.05, 0) is 18.8 Å². The molecule has 0 aliphatic rings. The topological polar surface area (TPSA) is 108 Å². The molecule has 0 spiro atoms. The van der Waals surface area contributed by atoms with Crippen LogP contribution in [0, 0.1) is 29.9 Å². The van der Waals surface area contributed by atoms with E-state index < -0.39 is 10.8 Å². The van der Waals surface area contributed by atoms with Crippen LogP contribution in [0.15, 0.2) is 12.3 Å². The minimum atomic E-state index is -0.548. The van der Waals surface area contributed by atoms with Crippen molar-refractivity contribution in [3.8, 4) is 0 Å². The Labute approximate surface area is 127 Å². The fraction of sp³-hybridized carbons (Fsp3) is 0.462. The zero-order chi connectivity index (χ0) is 16.4. The number of aryl methyl sites for hydroxylation is 3. The van der Waals surface area contributed by atoms with Gasteiger partial charge in [-0.15, -0.1) is 0 Å². The van der Waals surface area contributed by atoms with Crippen LogP contribution in [0.4, 0.5) is 11.5 Å². The number of carbonyl (C=O) groups excluding carboxylic acids is 1. The number of rotatable bonds is 5. The molecule has 2 aromatic rings. The predicted molar refractivity (Wildman–Crippen MR) is 79.4 cm³/mol. The summed E-state index contributed by atoms with van der Waals surface area (Å²) >= 11 is 0. The quantitative estimate of drug-likeness (QED) is 0.664. The van der Waals surface area contributed by atoms with E-state index in [1.807, 2.05) is 0 Å². The summed E-state index contributed by atoms with van der Waals surface area (Å²) in [5.41, 5.74) is 2.03. The van der Waals surface area contributed by atoms with Gasteiger partial charge in [-0.2, -0.15) is 9.78 Å². The van der Waals surface area contributed by atoms with Crippen molar-refractivity contribution >= 4 is 17.4 Å². The van der Waals surface area contributed by atoms with Gasteiger partial charge in [0.15, 0.2) is 0 Å². The SMILES string of the molecule is Cc1nn(C)cc1NC(=O)C(C)Cn1nc([N+](=O)[O-])cc1C. The number of nitro groups is 1. The molecule has 1 atom stereocenters. The van der Waals surface area contributed by atoms with Crippen molar-refractivity contribution in [1.29, 1.82) is 0 Å². The Morgan fingerprint density at radius 1 is 1.45 bits per heavy atom. The van der Waals surface area contributed by atoms with Gasteiger partial charge in [-0.3, -0.25) is 9.48 Å². The van der Waals surface area contributed by atoms with Crippen LogP contribution in [0.2, 0.25) is 0 Å². The molecule has 2 heterocycles. The van der Waals surface area contributed by atoms with E-state index in [1.165, 1.54) is 10.7 Å². The van der Waals surface area contributed by atoms with E-state index in [0.29, 0.717) is 11.4 Å². The molecular weight excluding hydrogens is 288 g/mol. The molecule has 1 unspecified atom stereocenters. The number of aromatic nitrogens is 4. The minimum Gasteiger partial charge on any atom is -0.358 e. The van der Waals surface area contributed by atoms with Crippen molar-refractivity contribution in [2.75, 3.05) is 5.32 Å². The predicted octanol–water partition coefficient (Wildman–Crippen LogP) is 1.42. The second kappa shape index (κ2) is 5.96. The van der Waals surface area contributed by atoms with Crippen molar-refractivity contribution in [2.24, 2.45) is 13.0 Å². The van der Waals surface area contributed by atoms with Crippen molar-refractivity contribution in [2.45, 2.75) is 27.3 Å². The molecule has 2 aromatic heterocycles. The van der Waals surface area contributed by atoms with E-state index >= 15 is 0 Å². The van der Waals surface area contributed by atoms with E-state index in [0.717, 1.165) is 5.69 Å². The number of nitrogens with one attached hydrogen (secondary N) is 1. The molecule has 0 radical (unpaired) electrons. The van der Waals surface area contributed by atoms with Gasteiger partial charge in [0.2, 0.25) is 5.91 Å². The lowest BCUT2D eigenvalue weighted by Gasteiger charge is -2.10. The highest BCUT2D eigenvalue weighted by atomic mass is 16.6. The molecule has 1 amide bonds. The van der Waals surface area contributed by atoms with Gasteiger partial charge in [-0.1, -0.05) is 6.92 Å². The summed E-state index contributed by atoms with van der Waals surface area (Å²) in [6.07, 6.45) is 1.73. The molecule has 22 heavy (non-hydrogen) atoms. The Kier molecular flexibility index (Phi) is 4.25. The maximum atomic E-state index is 12.2. The zero-order valence-corrected chi connectivity index (χ0v) is 12.9. The monoisotopic (exact) mass is 306 g/mol. The third kappa shape index (κ3) is 3.30. The first-order chi connectivity index (χ1) is 10.3. The highest BCUT2D eigenvalue weighted by Crippen LogP contribution is 2.16. The fourth-order valence-corrected chi connectivity index (χ4v) is 2.09. The van der Waals surface area contributed by atoms with E-state index in [9.17, 15) is 14.9 Å². The summed E-state index contributed by atoms with van der Waals surface area (Å²) in [7, 11) is 1.78. The molecule has 0 bridgehead atoms. The van der Waals surface area contributed by atoms with Gasteiger partial charge in [0.25, 0.3) is 0 Å². The largest absolute Gasteiger partial charge is 0.390 e. The molecule has 0 saturated heterocycles. The lowest BCUT2D eigenvalue weighted by molar-refractivity contribution is -0.389. The minimum absolute atomic E-state index is 0.186. The molecule has 0 aromatic carbocycles. The van der Waals surface area contributed by atoms with Crippen molar-refractivity contribution in [3.63, 3.8) is 0 Å². The third-order valence-corrected chi connectivity index (χ3v) is 3.32. The van der Waals surface area contributed by atoms with Crippen LogP contribution in [-0.4, -0.2) is 30.4 Å². The number of nitrogens with zero attached hydrogens (tertiary/aromatic N) is 5. The van der Waals surface area contributed by atoms with Crippen LogP contribution >= 0.6 is 0 Å². The Balaban J connectivity index is 2.05. The van der Waals surface area contributed by atoms with E-state index in [1.54, 1.807) is 38.7 Å². The summed E-state index contributed by atoms with van der Waals surface area (Å²) in [6.45, 7) is 5.54. The second-order valence-corrected chi connectivity index (χ2v) is 5.28. The third-order valence-electron chi connectivity index (χ3n) is 3.32. The molecular formula is C13H18N6O3. The number of anilines is 1. The zero-order valence-electron chi connectivity index (χ0n) is 12.9. The molecule has 118 valence electrons. The molecule has 9 nitrogen and oxygen atoms in total. The Morgan fingerprint density at radius 2 is 2.14 bits per heavy atom. The highest BCUT2D eigenvalue weighted by Gasteiger charge is 2.21. The molecule has 0 aliphatic heterocycles. The number of carbonyl (C=O) groups is 1. The second-order valence-electron chi connectivity index (χ2n) is 5.28. The average molecular weight is 306 g/mol. The number of amides is 1. The Morgan fingerprint density at radius 3 is 2.64 bits per heavy atom. The van der Waals surface area contributed by atoms with Crippen LogP contribution in [0.3, 0.4) is 0 Å². The maximum absolute atomic E-state index is 12.2. The molecule has 0 saturated carbocycles. The van der Waals surface area contributed by atoms with E-state index in [-0.39, 0.29) is 18.3 Å².